The van der Waals surface area contributed by atoms with Gasteiger partial charge in [0.05, 0.1) is 11.9 Å². The second-order valence-electron chi connectivity index (χ2n) is 5.69. The monoisotopic (exact) mass is 294 g/mol. The fourth-order valence-corrected chi connectivity index (χ4v) is 2.81. The summed E-state index contributed by atoms with van der Waals surface area (Å²) in [5, 5.41) is 7.82. The summed E-state index contributed by atoms with van der Waals surface area (Å²) < 4.78 is 1.56. The highest BCUT2D eigenvalue weighted by Gasteiger charge is 2.25. The summed E-state index contributed by atoms with van der Waals surface area (Å²) in [6.45, 7) is 6.10. The highest BCUT2D eigenvalue weighted by molar-refractivity contribution is 5.75. The minimum Gasteiger partial charge on any atom is -0.341 e. The second-order valence-corrected chi connectivity index (χ2v) is 5.69. The molecule has 0 spiro atoms. The van der Waals surface area contributed by atoms with Crippen LogP contribution in [0.4, 0.5) is 0 Å². The van der Waals surface area contributed by atoms with Gasteiger partial charge in [0.25, 0.3) is 0 Å². The summed E-state index contributed by atoms with van der Waals surface area (Å²) in [6.07, 6.45) is 5.02. The van der Waals surface area contributed by atoms with Gasteiger partial charge in [-0.2, -0.15) is 0 Å². The molecule has 0 aliphatic carbocycles. The van der Waals surface area contributed by atoms with Crippen LogP contribution in [0.15, 0.2) is 6.20 Å². The number of hydrogen-bond acceptors (Lipinski definition) is 5. The van der Waals surface area contributed by atoms with E-state index in [2.05, 4.69) is 22.1 Å². The standard InChI is InChI=1S/C14H26N6O/c1-3-6-19-7-4-13(5-8-19)18(2)14(21)11-20-10-12(9-15)16-17-20/h10,13H,3-9,11,15H2,1-2H3. The number of carbonyl (C=O) groups excluding carboxylic acids is 1. The van der Waals surface area contributed by atoms with Crippen molar-refractivity contribution in [3.63, 3.8) is 0 Å². The van der Waals surface area contributed by atoms with Crippen LogP contribution in [0, 0.1) is 0 Å². The van der Waals surface area contributed by atoms with E-state index in [1.54, 1.807) is 10.9 Å². The first-order chi connectivity index (χ1) is 10.1. The summed E-state index contributed by atoms with van der Waals surface area (Å²) in [5.74, 6) is 0.0809. The van der Waals surface area contributed by atoms with E-state index >= 15 is 0 Å². The first-order valence-electron chi connectivity index (χ1n) is 7.71. The molecule has 118 valence electrons. The minimum atomic E-state index is 0.0809. The molecule has 21 heavy (non-hydrogen) atoms. The van der Waals surface area contributed by atoms with E-state index in [1.807, 2.05) is 11.9 Å². The molecular weight excluding hydrogens is 268 g/mol. The van der Waals surface area contributed by atoms with Crippen LogP contribution in [0.5, 0.6) is 0 Å². The number of nitrogens with zero attached hydrogens (tertiary/aromatic N) is 5. The number of piperidine rings is 1. The van der Waals surface area contributed by atoms with Gasteiger partial charge in [0.15, 0.2) is 0 Å². The van der Waals surface area contributed by atoms with Crippen LogP contribution in [0.2, 0.25) is 0 Å². The predicted molar refractivity (Wildman–Crippen MR) is 80.4 cm³/mol. The molecule has 2 N–H and O–H groups in total. The van der Waals surface area contributed by atoms with Crippen molar-refractivity contribution in [3.8, 4) is 0 Å². The summed E-state index contributed by atoms with van der Waals surface area (Å²) in [6, 6.07) is 0.336. The van der Waals surface area contributed by atoms with Crippen LogP contribution >= 0.6 is 0 Å². The first kappa shape index (κ1) is 15.9. The van der Waals surface area contributed by atoms with Crippen LogP contribution in [-0.4, -0.2) is 63.4 Å². The molecule has 0 radical (unpaired) electrons. The Hall–Kier alpha value is -1.47. The minimum absolute atomic E-state index is 0.0809. The van der Waals surface area contributed by atoms with E-state index in [1.165, 1.54) is 6.42 Å². The summed E-state index contributed by atoms with van der Waals surface area (Å²) >= 11 is 0. The third-order valence-corrected chi connectivity index (χ3v) is 4.13. The molecule has 2 heterocycles. The van der Waals surface area contributed by atoms with E-state index in [0.29, 0.717) is 18.3 Å². The fourth-order valence-electron chi connectivity index (χ4n) is 2.81. The fraction of sp³-hybridized carbons (Fsp3) is 0.786. The third kappa shape index (κ3) is 4.25. The van der Waals surface area contributed by atoms with Gasteiger partial charge >= 0.3 is 0 Å². The topological polar surface area (TPSA) is 80.3 Å². The zero-order valence-corrected chi connectivity index (χ0v) is 13.0. The number of nitrogens with two attached hydrogens (primary N) is 1. The maximum atomic E-state index is 12.3. The first-order valence-corrected chi connectivity index (χ1v) is 7.71. The predicted octanol–water partition coefficient (Wildman–Crippen LogP) is 0.0696. The molecule has 1 saturated heterocycles. The van der Waals surface area contributed by atoms with Crippen molar-refractivity contribution in [1.29, 1.82) is 0 Å². The van der Waals surface area contributed by atoms with Crippen molar-refractivity contribution in [2.45, 2.75) is 45.3 Å². The molecule has 0 bridgehead atoms. The molecular formula is C14H26N6O. The molecule has 0 unspecified atom stereocenters. The molecule has 1 amide bonds. The van der Waals surface area contributed by atoms with Gasteiger partial charge in [0, 0.05) is 32.7 Å². The number of amides is 1. The van der Waals surface area contributed by atoms with E-state index in [9.17, 15) is 4.79 Å². The van der Waals surface area contributed by atoms with E-state index < -0.39 is 0 Å². The Balaban J connectivity index is 1.82. The van der Waals surface area contributed by atoms with Gasteiger partial charge < -0.3 is 15.5 Å². The lowest BCUT2D eigenvalue weighted by atomic mass is 10.0. The van der Waals surface area contributed by atoms with Crippen LogP contribution < -0.4 is 5.73 Å². The van der Waals surface area contributed by atoms with E-state index in [0.717, 1.165) is 32.5 Å². The van der Waals surface area contributed by atoms with Gasteiger partial charge in [-0.15, -0.1) is 5.10 Å². The number of hydrogen-bond donors (Lipinski definition) is 1. The van der Waals surface area contributed by atoms with E-state index in [-0.39, 0.29) is 12.5 Å². The molecule has 1 aliphatic heterocycles. The summed E-state index contributed by atoms with van der Waals surface area (Å²) in [5.41, 5.74) is 6.20. The Morgan fingerprint density at radius 3 is 2.76 bits per heavy atom. The van der Waals surface area contributed by atoms with Gasteiger partial charge in [0.1, 0.15) is 6.54 Å². The molecule has 1 aromatic rings. The quantitative estimate of drug-likeness (QED) is 0.803. The van der Waals surface area contributed by atoms with Crippen molar-refractivity contribution in [3.05, 3.63) is 11.9 Å². The van der Waals surface area contributed by atoms with Crippen LogP contribution in [0.25, 0.3) is 0 Å². The number of aromatic nitrogens is 3. The smallest absolute Gasteiger partial charge is 0.244 e. The second kappa shape index (κ2) is 7.51. The van der Waals surface area contributed by atoms with Gasteiger partial charge in [-0.3, -0.25) is 4.79 Å². The van der Waals surface area contributed by atoms with Crippen LogP contribution in [0.3, 0.4) is 0 Å². The average Bonchev–Trinajstić information content (AvgIpc) is 2.95. The number of likely N-dealkylation sites (N-methyl/N-ethyl adjacent to an activating group) is 1. The normalized spacial score (nSPS) is 17.1. The molecule has 1 aromatic heterocycles. The maximum Gasteiger partial charge on any atom is 0.244 e. The lowest BCUT2D eigenvalue weighted by Gasteiger charge is -2.36. The van der Waals surface area contributed by atoms with Crippen molar-refractivity contribution in [1.82, 2.24) is 24.8 Å². The highest BCUT2D eigenvalue weighted by Crippen LogP contribution is 2.16. The number of carbonyl (C=O) groups is 1. The van der Waals surface area contributed by atoms with Crippen LogP contribution in [-0.2, 0) is 17.9 Å². The molecule has 7 heteroatoms. The zero-order chi connectivity index (χ0) is 15.2. The Labute approximate surface area is 126 Å². The average molecular weight is 294 g/mol. The highest BCUT2D eigenvalue weighted by atomic mass is 16.2. The Morgan fingerprint density at radius 1 is 1.48 bits per heavy atom. The number of likely N-dealkylation sites (tertiary alicyclic amines) is 1. The molecule has 0 saturated carbocycles. The summed E-state index contributed by atoms with van der Waals surface area (Å²) in [4.78, 5) is 16.6. The molecule has 0 atom stereocenters. The van der Waals surface area contributed by atoms with Crippen molar-refractivity contribution >= 4 is 5.91 Å². The van der Waals surface area contributed by atoms with Gasteiger partial charge in [0.2, 0.25) is 5.91 Å². The molecule has 1 aliphatic rings. The Bertz CT molecular complexity index is 452. The van der Waals surface area contributed by atoms with Crippen molar-refractivity contribution < 1.29 is 4.79 Å². The Morgan fingerprint density at radius 2 is 2.19 bits per heavy atom. The maximum absolute atomic E-state index is 12.3. The third-order valence-electron chi connectivity index (χ3n) is 4.13. The summed E-state index contributed by atoms with van der Waals surface area (Å²) in [7, 11) is 1.89. The van der Waals surface area contributed by atoms with E-state index in [4.69, 9.17) is 5.73 Å². The molecule has 2 rings (SSSR count). The van der Waals surface area contributed by atoms with Crippen molar-refractivity contribution in [2.75, 3.05) is 26.7 Å². The molecule has 0 aromatic carbocycles. The SMILES string of the molecule is CCCN1CCC(N(C)C(=O)Cn2cc(CN)nn2)CC1. The lowest BCUT2D eigenvalue weighted by Crippen LogP contribution is -2.46. The zero-order valence-electron chi connectivity index (χ0n) is 13.0. The van der Waals surface area contributed by atoms with Gasteiger partial charge in [-0.05, 0) is 25.8 Å². The van der Waals surface area contributed by atoms with Crippen LogP contribution in [0.1, 0.15) is 31.9 Å². The molecule has 1 fully saturated rings. The largest absolute Gasteiger partial charge is 0.341 e. The van der Waals surface area contributed by atoms with Gasteiger partial charge in [-0.25, -0.2) is 4.68 Å². The van der Waals surface area contributed by atoms with Crippen molar-refractivity contribution in [2.24, 2.45) is 5.73 Å². The van der Waals surface area contributed by atoms with Gasteiger partial charge in [-0.1, -0.05) is 12.1 Å². The lowest BCUT2D eigenvalue weighted by molar-refractivity contribution is -0.133. The molecule has 7 nitrogen and oxygen atoms in total. The number of rotatable bonds is 6. The Kier molecular flexibility index (Phi) is 5.69.